The number of halogens is 1. The summed E-state index contributed by atoms with van der Waals surface area (Å²) in [5.74, 6) is 0.350. The number of hydrogen-bond donors (Lipinski definition) is 0. The number of carbonyl (C=O) groups is 1. The molecule has 1 heterocycles. The quantitative estimate of drug-likeness (QED) is 0.853. The van der Waals surface area contributed by atoms with Gasteiger partial charge in [-0.25, -0.2) is 0 Å². The molecule has 1 aromatic rings. The molecule has 0 unspecified atom stereocenters. The van der Waals surface area contributed by atoms with Crippen LogP contribution in [0.5, 0.6) is 0 Å². The number of carbonyl (C=O) groups excluding carboxylic acids is 1. The number of amides is 1. The van der Waals surface area contributed by atoms with Crippen LogP contribution in [0, 0.1) is 17.2 Å². The molecule has 0 aromatic heterocycles. The van der Waals surface area contributed by atoms with Crippen molar-refractivity contribution in [2.75, 3.05) is 13.1 Å². The van der Waals surface area contributed by atoms with E-state index in [1.165, 1.54) is 5.56 Å². The SMILES string of the molecule is N#CC1CCN(C(=O)CCCc2ccc(Cl)cc2)CC1. The molecule has 1 amide bonds. The normalized spacial score (nSPS) is 15.9. The second-order valence-electron chi connectivity index (χ2n) is 5.26. The molecule has 1 aromatic carbocycles. The van der Waals surface area contributed by atoms with E-state index in [9.17, 15) is 4.79 Å². The summed E-state index contributed by atoms with van der Waals surface area (Å²) in [5.41, 5.74) is 1.21. The van der Waals surface area contributed by atoms with Crippen LogP contribution in [0.1, 0.15) is 31.2 Å². The molecular weight excluding hydrogens is 272 g/mol. The van der Waals surface area contributed by atoms with Gasteiger partial charge in [0.25, 0.3) is 0 Å². The van der Waals surface area contributed by atoms with Gasteiger partial charge in [0, 0.05) is 30.5 Å². The van der Waals surface area contributed by atoms with Gasteiger partial charge in [0.2, 0.25) is 5.91 Å². The zero-order valence-electron chi connectivity index (χ0n) is 11.5. The summed E-state index contributed by atoms with van der Waals surface area (Å²) >= 11 is 5.84. The highest BCUT2D eigenvalue weighted by atomic mass is 35.5. The summed E-state index contributed by atoms with van der Waals surface area (Å²) in [6.45, 7) is 1.47. The van der Waals surface area contributed by atoms with Crippen molar-refractivity contribution in [2.24, 2.45) is 5.92 Å². The van der Waals surface area contributed by atoms with Gasteiger partial charge in [-0.05, 0) is 43.4 Å². The summed E-state index contributed by atoms with van der Waals surface area (Å²) in [6.07, 6.45) is 3.98. The van der Waals surface area contributed by atoms with E-state index in [2.05, 4.69) is 6.07 Å². The summed E-state index contributed by atoms with van der Waals surface area (Å²) in [5, 5.41) is 9.58. The lowest BCUT2D eigenvalue weighted by atomic mass is 9.98. The van der Waals surface area contributed by atoms with Crippen molar-refractivity contribution in [2.45, 2.75) is 32.1 Å². The first-order valence-electron chi connectivity index (χ1n) is 7.11. The maximum absolute atomic E-state index is 12.1. The van der Waals surface area contributed by atoms with Crippen LogP contribution in [0.3, 0.4) is 0 Å². The van der Waals surface area contributed by atoms with Crippen LogP contribution in [-0.4, -0.2) is 23.9 Å². The smallest absolute Gasteiger partial charge is 0.222 e. The first kappa shape index (κ1) is 14.9. The minimum absolute atomic E-state index is 0.133. The molecule has 0 N–H and O–H groups in total. The van der Waals surface area contributed by atoms with Crippen molar-refractivity contribution < 1.29 is 4.79 Å². The molecule has 20 heavy (non-hydrogen) atoms. The van der Waals surface area contributed by atoms with Crippen molar-refractivity contribution >= 4 is 17.5 Å². The van der Waals surface area contributed by atoms with Gasteiger partial charge >= 0.3 is 0 Å². The van der Waals surface area contributed by atoms with Crippen LogP contribution in [0.25, 0.3) is 0 Å². The highest BCUT2D eigenvalue weighted by molar-refractivity contribution is 6.30. The first-order valence-corrected chi connectivity index (χ1v) is 7.48. The van der Waals surface area contributed by atoms with E-state index in [4.69, 9.17) is 16.9 Å². The summed E-state index contributed by atoms with van der Waals surface area (Å²) in [6, 6.07) is 10.1. The standard InChI is InChI=1S/C16H19ClN2O/c17-15-6-4-13(5-7-15)2-1-3-16(20)19-10-8-14(12-18)9-11-19/h4-7,14H,1-3,8-11H2. The van der Waals surface area contributed by atoms with Gasteiger partial charge in [-0.1, -0.05) is 23.7 Å². The highest BCUT2D eigenvalue weighted by Crippen LogP contribution is 2.17. The topological polar surface area (TPSA) is 44.1 Å². The fraction of sp³-hybridized carbons (Fsp3) is 0.500. The largest absolute Gasteiger partial charge is 0.343 e. The van der Waals surface area contributed by atoms with E-state index < -0.39 is 0 Å². The van der Waals surface area contributed by atoms with Gasteiger partial charge in [0.15, 0.2) is 0 Å². The van der Waals surface area contributed by atoms with E-state index in [1.807, 2.05) is 29.2 Å². The lowest BCUT2D eigenvalue weighted by molar-refractivity contribution is -0.132. The minimum atomic E-state index is 0.133. The van der Waals surface area contributed by atoms with Gasteiger partial charge < -0.3 is 4.90 Å². The maximum Gasteiger partial charge on any atom is 0.222 e. The average molecular weight is 291 g/mol. The van der Waals surface area contributed by atoms with Crippen molar-refractivity contribution in [3.63, 3.8) is 0 Å². The Balaban J connectivity index is 1.70. The Hall–Kier alpha value is -1.53. The van der Waals surface area contributed by atoms with Gasteiger partial charge in [-0.2, -0.15) is 5.26 Å². The summed E-state index contributed by atoms with van der Waals surface area (Å²) < 4.78 is 0. The summed E-state index contributed by atoms with van der Waals surface area (Å²) in [7, 11) is 0. The van der Waals surface area contributed by atoms with Crippen LogP contribution in [0.15, 0.2) is 24.3 Å². The van der Waals surface area contributed by atoms with E-state index in [0.29, 0.717) is 6.42 Å². The average Bonchev–Trinajstić information content (AvgIpc) is 2.49. The van der Waals surface area contributed by atoms with Gasteiger partial charge in [0.05, 0.1) is 6.07 Å². The molecule has 0 spiro atoms. The molecule has 1 aliphatic rings. The lowest BCUT2D eigenvalue weighted by Gasteiger charge is -2.29. The third-order valence-corrected chi connectivity index (χ3v) is 4.05. The third-order valence-electron chi connectivity index (χ3n) is 3.80. The van der Waals surface area contributed by atoms with Crippen LogP contribution in [0.4, 0.5) is 0 Å². The van der Waals surface area contributed by atoms with Crippen LogP contribution in [-0.2, 0) is 11.2 Å². The Morgan fingerprint density at radius 2 is 1.95 bits per heavy atom. The van der Waals surface area contributed by atoms with Crippen LogP contribution in [0.2, 0.25) is 5.02 Å². The fourth-order valence-corrected chi connectivity index (χ4v) is 2.64. The zero-order chi connectivity index (χ0) is 14.4. The number of nitriles is 1. The second-order valence-corrected chi connectivity index (χ2v) is 5.70. The molecule has 106 valence electrons. The Kier molecular flexibility index (Phi) is 5.43. The molecular formula is C16H19ClN2O. The lowest BCUT2D eigenvalue weighted by Crippen LogP contribution is -2.38. The predicted molar refractivity (Wildman–Crippen MR) is 79.3 cm³/mol. The number of aryl methyl sites for hydroxylation is 1. The van der Waals surface area contributed by atoms with Crippen molar-refractivity contribution in [1.82, 2.24) is 4.90 Å². The number of hydrogen-bond acceptors (Lipinski definition) is 2. The van der Waals surface area contributed by atoms with Gasteiger partial charge in [-0.15, -0.1) is 0 Å². The number of benzene rings is 1. The molecule has 0 bridgehead atoms. The predicted octanol–water partition coefficient (Wildman–Crippen LogP) is 3.42. The molecule has 2 rings (SSSR count). The Bertz CT molecular complexity index is 484. The van der Waals surface area contributed by atoms with E-state index in [1.54, 1.807) is 0 Å². The van der Waals surface area contributed by atoms with Crippen LogP contribution >= 0.6 is 11.6 Å². The molecule has 3 nitrogen and oxygen atoms in total. The number of nitrogens with zero attached hydrogens (tertiary/aromatic N) is 2. The monoisotopic (exact) mass is 290 g/mol. The fourth-order valence-electron chi connectivity index (χ4n) is 2.51. The zero-order valence-corrected chi connectivity index (χ0v) is 12.3. The molecule has 0 atom stereocenters. The van der Waals surface area contributed by atoms with Crippen molar-refractivity contribution in [3.8, 4) is 6.07 Å². The molecule has 4 heteroatoms. The second kappa shape index (κ2) is 7.31. The maximum atomic E-state index is 12.1. The molecule has 0 radical (unpaired) electrons. The highest BCUT2D eigenvalue weighted by Gasteiger charge is 2.21. The molecule has 0 aliphatic carbocycles. The summed E-state index contributed by atoms with van der Waals surface area (Å²) in [4.78, 5) is 14.0. The molecule has 0 saturated carbocycles. The van der Waals surface area contributed by atoms with Gasteiger partial charge in [0.1, 0.15) is 0 Å². The number of likely N-dealkylation sites (tertiary alicyclic amines) is 1. The van der Waals surface area contributed by atoms with E-state index in [-0.39, 0.29) is 11.8 Å². The third kappa shape index (κ3) is 4.25. The Morgan fingerprint density at radius 3 is 2.55 bits per heavy atom. The van der Waals surface area contributed by atoms with Crippen molar-refractivity contribution in [3.05, 3.63) is 34.9 Å². The van der Waals surface area contributed by atoms with Crippen LogP contribution < -0.4 is 0 Å². The van der Waals surface area contributed by atoms with E-state index >= 15 is 0 Å². The first-order chi connectivity index (χ1) is 9.69. The molecule has 1 fully saturated rings. The minimum Gasteiger partial charge on any atom is -0.343 e. The number of rotatable bonds is 4. The Morgan fingerprint density at radius 1 is 1.30 bits per heavy atom. The Labute approximate surface area is 125 Å². The molecule has 1 aliphatic heterocycles. The molecule has 1 saturated heterocycles. The number of piperidine rings is 1. The van der Waals surface area contributed by atoms with Gasteiger partial charge in [-0.3, -0.25) is 4.79 Å². The van der Waals surface area contributed by atoms with Crippen molar-refractivity contribution in [1.29, 1.82) is 5.26 Å². The van der Waals surface area contributed by atoms with E-state index in [0.717, 1.165) is 43.8 Å².